The summed E-state index contributed by atoms with van der Waals surface area (Å²) < 4.78 is 26.8. The molecular formula is C14H12ClF2NO. The number of aliphatic hydroxyl groups is 1. The van der Waals surface area contributed by atoms with Crippen LogP contribution in [-0.2, 0) is 6.42 Å². The van der Waals surface area contributed by atoms with Crippen molar-refractivity contribution < 1.29 is 13.9 Å². The first kappa shape index (κ1) is 13.9. The lowest BCUT2D eigenvalue weighted by Crippen LogP contribution is -2.06. The Morgan fingerprint density at radius 1 is 1.32 bits per heavy atom. The van der Waals surface area contributed by atoms with Gasteiger partial charge in [-0.1, -0.05) is 11.6 Å². The van der Waals surface area contributed by atoms with Gasteiger partial charge in [-0.15, -0.1) is 0 Å². The first-order chi connectivity index (χ1) is 8.99. The molecule has 0 aliphatic rings. The highest BCUT2D eigenvalue weighted by atomic mass is 35.5. The minimum Gasteiger partial charge on any atom is -0.388 e. The molecule has 100 valence electrons. The SMILES string of the molecule is Cc1cc(C(O)Cc2ccncc2Cl)c(F)cc1F. The lowest BCUT2D eigenvalue weighted by molar-refractivity contribution is 0.173. The van der Waals surface area contributed by atoms with Crippen LogP contribution in [0.3, 0.4) is 0 Å². The van der Waals surface area contributed by atoms with Gasteiger partial charge < -0.3 is 5.11 Å². The quantitative estimate of drug-likeness (QED) is 0.934. The zero-order valence-corrected chi connectivity index (χ0v) is 11.0. The van der Waals surface area contributed by atoms with Crippen molar-refractivity contribution >= 4 is 11.6 Å². The van der Waals surface area contributed by atoms with Crippen molar-refractivity contribution in [2.75, 3.05) is 0 Å². The van der Waals surface area contributed by atoms with E-state index in [9.17, 15) is 13.9 Å². The monoisotopic (exact) mass is 283 g/mol. The molecule has 19 heavy (non-hydrogen) atoms. The first-order valence-corrected chi connectivity index (χ1v) is 6.09. The molecule has 0 aliphatic carbocycles. The summed E-state index contributed by atoms with van der Waals surface area (Å²) in [5.74, 6) is -1.39. The highest BCUT2D eigenvalue weighted by molar-refractivity contribution is 6.31. The Balaban J connectivity index is 2.28. The summed E-state index contributed by atoms with van der Waals surface area (Å²) in [5.41, 5.74) is 1.01. The largest absolute Gasteiger partial charge is 0.388 e. The van der Waals surface area contributed by atoms with Gasteiger partial charge in [0.25, 0.3) is 0 Å². The van der Waals surface area contributed by atoms with Gasteiger partial charge in [0, 0.05) is 30.4 Å². The lowest BCUT2D eigenvalue weighted by Gasteiger charge is -2.14. The molecule has 0 amide bonds. The van der Waals surface area contributed by atoms with Crippen LogP contribution in [0.2, 0.25) is 5.02 Å². The summed E-state index contributed by atoms with van der Waals surface area (Å²) in [4.78, 5) is 3.83. The van der Waals surface area contributed by atoms with Gasteiger partial charge in [-0.2, -0.15) is 0 Å². The minimum atomic E-state index is -1.08. The highest BCUT2D eigenvalue weighted by Crippen LogP contribution is 2.26. The molecule has 0 saturated heterocycles. The summed E-state index contributed by atoms with van der Waals surface area (Å²) in [6, 6.07) is 3.74. The van der Waals surface area contributed by atoms with Gasteiger partial charge in [-0.05, 0) is 30.2 Å². The predicted octanol–water partition coefficient (Wildman–Crippen LogP) is 3.60. The van der Waals surface area contributed by atoms with Crippen molar-refractivity contribution in [1.82, 2.24) is 4.98 Å². The first-order valence-electron chi connectivity index (χ1n) is 5.71. The maximum Gasteiger partial charge on any atom is 0.131 e. The maximum absolute atomic E-state index is 13.6. The molecule has 2 aromatic rings. The van der Waals surface area contributed by atoms with Gasteiger partial charge in [0.2, 0.25) is 0 Å². The second-order valence-corrected chi connectivity index (χ2v) is 4.72. The lowest BCUT2D eigenvalue weighted by atomic mass is 10.00. The minimum absolute atomic E-state index is 0.0618. The Hall–Kier alpha value is -1.52. The average molecular weight is 284 g/mol. The third kappa shape index (κ3) is 3.08. The van der Waals surface area contributed by atoms with Crippen LogP contribution >= 0.6 is 11.6 Å². The van der Waals surface area contributed by atoms with Crippen LogP contribution in [0.1, 0.15) is 22.8 Å². The maximum atomic E-state index is 13.6. The van der Waals surface area contributed by atoms with E-state index in [0.29, 0.717) is 10.6 Å². The molecule has 0 spiro atoms. The summed E-state index contributed by atoms with van der Waals surface area (Å²) in [6.07, 6.45) is 2.05. The number of aromatic nitrogens is 1. The third-order valence-corrected chi connectivity index (χ3v) is 3.25. The van der Waals surface area contributed by atoms with Crippen molar-refractivity contribution in [1.29, 1.82) is 0 Å². The van der Waals surface area contributed by atoms with Crippen LogP contribution in [0, 0.1) is 18.6 Å². The molecule has 0 radical (unpaired) electrons. The zero-order chi connectivity index (χ0) is 14.0. The average Bonchev–Trinajstić information content (AvgIpc) is 2.36. The van der Waals surface area contributed by atoms with Crippen LogP contribution in [0.4, 0.5) is 8.78 Å². The normalized spacial score (nSPS) is 12.5. The van der Waals surface area contributed by atoms with Crippen molar-refractivity contribution in [2.45, 2.75) is 19.4 Å². The van der Waals surface area contributed by atoms with E-state index in [2.05, 4.69) is 4.98 Å². The fourth-order valence-electron chi connectivity index (χ4n) is 1.82. The third-order valence-electron chi connectivity index (χ3n) is 2.91. The molecule has 0 aliphatic heterocycles. The van der Waals surface area contributed by atoms with Crippen molar-refractivity contribution in [3.8, 4) is 0 Å². The number of pyridine rings is 1. The Labute approximate surface area is 114 Å². The summed E-state index contributed by atoms with van der Waals surface area (Å²) in [5, 5.41) is 10.5. The van der Waals surface area contributed by atoms with E-state index in [1.807, 2.05) is 0 Å². The van der Waals surface area contributed by atoms with Crippen LogP contribution in [0.15, 0.2) is 30.6 Å². The molecule has 0 fully saturated rings. The van der Waals surface area contributed by atoms with Gasteiger partial charge >= 0.3 is 0 Å². The molecule has 1 heterocycles. The number of aryl methyl sites for hydroxylation is 1. The Morgan fingerprint density at radius 2 is 2.05 bits per heavy atom. The summed E-state index contributed by atoms with van der Waals surface area (Å²) in [7, 11) is 0. The van der Waals surface area contributed by atoms with Crippen LogP contribution in [0.25, 0.3) is 0 Å². The molecule has 0 bridgehead atoms. The van der Waals surface area contributed by atoms with E-state index in [4.69, 9.17) is 11.6 Å². The number of rotatable bonds is 3. The van der Waals surface area contributed by atoms with E-state index in [0.717, 1.165) is 6.07 Å². The van der Waals surface area contributed by atoms with Gasteiger partial charge in [0.15, 0.2) is 0 Å². The summed E-state index contributed by atoms with van der Waals surface area (Å²) >= 11 is 5.92. The molecule has 1 aromatic carbocycles. The standard InChI is InChI=1S/C14H12ClF2NO/c1-8-4-10(13(17)6-12(8)16)14(19)5-9-2-3-18-7-11(9)15/h2-4,6-7,14,19H,5H2,1H3. The molecule has 1 aromatic heterocycles. The van der Waals surface area contributed by atoms with Crippen LogP contribution < -0.4 is 0 Å². The van der Waals surface area contributed by atoms with Crippen molar-refractivity contribution in [3.63, 3.8) is 0 Å². The Morgan fingerprint density at radius 3 is 2.74 bits per heavy atom. The number of benzene rings is 1. The number of aliphatic hydroxyl groups excluding tert-OH is 1. The van der Waals surface area contributed by atoms with E-state index >= 15 is 0 Å². The number of hydrogen-bond acceptors (Lipinski definition) is 2. The molecule has 2 nitrogen and oxygen atoms in total. The van der Waals surface area contributed by atoms with Gasteiger partial charge in [0.05, 0.1) is 11.1 Å². The van der Waals surface area contributed by atoms with Crippen LogP contribution in [-0.4, -0.2) is 10.1 Å². The smallest absolute Gasteiger partial charge is 0.131 e. The second kappa shape index (κ2) is 5.63. The van der Waals surface area contributed by atoms with E-state index in [1.165, 1.54) is 19.2 Å². The topological polar surface area (TPSA) is 33.1 Å². The number of nitrogens with zero attached hydrogens (tertiary/aromatic N) is 1. The Kier molecular flexibility index (Phi) is 4.12. The van der Waals surface area contributed by atoms with E-state index in [1.54, 1.807) is 12.3 Å². The molecule has 0 saturated carbocycles. The Bertz CT molecular complexity index is 604. The van der Waals surface area contributed by atoms with Gasteiger partial charge in [-0.25, -0.2) is 8.78 Å². The zero-order valence-electron chi connectivity index (χ0n) is 10.2. The van der Waals surface area contributed by atoms with Gasteiger partial charge in [-0.3, -0.25) is 4.98 Å². The van der Waals surface area contributed by atoms with Gasteiger partial charge in [0.1, 0.15) is 11.6 Å². The fourth-order valence-corrected chi connectivity index (χ4v) is 2.02. The molecule has 2 rings (SSSR count). The highest BCUT2D eigenvalue weighted by Gasteiger charge is 2.17. The molecule has 5 heteroatoms. The number of halogens is 3. The fraction of sp³-hybridized carbons (Fsp3) is 0.214. The van der Waals surface area contributed by atoms with Crippen LogP contribution in [0.5, 0.6) is 0 Å². The number of hydrogen-bond donors (Lipinski definition) is 1. The molecular weight excluding hydrogens is 272 g/mol. The second-order valence-electron chi connectivity index (χ2n) is 4.31. The summed E-state index contributed by atoms with van der Waals surface area (Å²) in [6.45, 7) is 1.52. The predicted molar refractivity (Wildman–Crippen MR) is 69.0 cm³/mol. The van der Waals surface area contributed by atoms with E-state index < -0.39 is 17.7 Å². The molecule has 1 atom stereocenters. The van der Waals surface area contributed by atoms with Crippen molar-refractivity contribution in [3.05, 3.63) is 63.9 Å². The molecule has 1 N–H and O–H groups in total. The molecule has 1 unspecified atom stereocenters. The van der Waals surface area contributed by atoms with E-state index in [-0.39, 0.29) is 17.5 Å². The van der Waals surface area contributed by atoms with Crippen molar-refractivity contribution in [2.24, 2.45) is 0 Å².